The molecule has 0 bridgehead atoms. The van der Waals surface area contributed by atoms with Crippen LogP contribution >= 0.6 is 23.1 Å². The highest BCUT2D eigenvalue weighted by molar-refractivity contribution is 7.98. The lowest BCUT2D eigenvalue weighted by Gasteiger charge is -2.06. The highest BCUT2D eigenvalue weighted by atomic mass is 32.2. The van der Waals surface area contributed by atoms with E-state index in [1.165, 1.54) is 42.3 Å². The first kappa shape index (κ1) is 19.1. The Morgan fingerprint density at radius 1 is 1.29 bits per heavy atom. The van der Waals surface area contributed by atoms with Crippen LogP contribution in [0.3, 0.4) is 0 Å². The van der Waals surface area contributed by atoms with Gasteiger partial charge in [0.2, 0.25) is 0 Å². The number of rotatable bonds is 5. The van der Waals surface area contributed by atoms with Crippen molar-refractivity contribution in [3.63, 3.8) is 0 Å². The van der Waals surface area contributed by atoms with Gasteiger partial charge in [0.1, 0.15) is 10.8 Å². The van der Waals surface area contributed by atoms with Crippen LogP contribution in [-0.2, 0) is 18.6 Å². The second-order valence-electron chi connectivity index (χ2n) is 6.83. The molecule has 0 radical (unpaired) electrons. The average Bonchev–Trinajstić information content (AvgIpc) is 3.26. The quantitative estimate of drug-likeness (QED) is 0.589. The molecule has 6 nitrogen and oxygen atoms in total. The molecule has 4 rings (SSSR count). The summed E-state index contributed by atoms with van der Waals surface area (Å²) in [5, 5.41) is 8.33. The Morgan fingerprint density at radius 2 is 2.14 bits per heavy atom. The van der Waals surface area contributed by atoms with Crippen molar-refractivity contribution in [2.75, 3.05) is 5.32 Å². The Balaban J connectivity index is 1.47. The van der Waals surface area contributed by atoms with E-state index in [4.69, 9.17) is 4.52 Å². The molecule has 0 aliphatic heterocycles. The monoisotopic (exact) mass is 414 g/mol. The molecule has 0 aromatic carbocycles. The normalized spacial score (nSPS) is 14.2. The number of thiazole rings is 1. The lowest BCUT2D eigenvalue weighted by molar-refractivity contribution is 0.102. The predicted octanol–water partition coefficient (Wildman–Crippen LogP) is 5.04. The second kappa shape index (κ2) is 8.87. The molecule has 1 amide bonds. The topological polar surface area (TPSA) is 80.9 Å². The van der Waals surface area contributed by atoms with Crippen LogP contribution in [0.15, 0.2) is 33.9 Å². The predicted molar refractivity (Wildman–Crippen MR) is 111 cm³/mol. The number of amides is 1. The Labute approximate surface area is 172 Å². The Kier molecular flexibility index (Phi) is 6.07. The summed E-state index contributed by atoms with van der Waals surface area (Å²) in [5.41, 5.74) is 2.54. The first-order valence-electron chi connectivity index (χ1n) is 9.49. The van der Waals surface area contributed by atoms with Crippen molar-refractivity contribution in [1.82, 2.24) is 15.1 Å². The maximum Gasteiger partial charge on any atom is 0.260 e. The number of nitrogens with one attached hydrogen (secondary N) is 1. The number of aromatic nitrogens is 3. The van der Waals surface area contributed by atoms with Crippen molar-refractivity contribution in [2.24, 2.45) is 0 Å². The van der Waals surface area contributed by atoms with E-state index in [-0.39, 0.29) is 5.91 Å². The van der Waals surface area contributed by atoms with E-state index >= 15 is 0 Å². The number of thioether (sulfide) groups is 1. The van der Waals surface area contributed by atoms with Gasteiger partial charge < -0.3 is 4.52 Å². The van der Waals surface area contributed by atoms with Crippen LogP contribution in [0.5, 0.6) is 0 Å². The molecular formula is C20H22N4O2S2. The minimum atomic E-state index is -0.173. The van der Waals surface area contributed by atoms with Gasteiger partial charge in [-0.1, -0.05) is 29.8 Å². The van der Waals surface area contributed by atoms with Gasteiger partial charge in [-0.15, -0.1) is 11.3 Å². The van der Waals surface area contributed by atoms with Gasteiger partial charge in [0.15, 0.2) is 5.13 Å². The highest BCUT2D eigenvalue weighted by Crippen LogP contribution is 2.30. The van der Waals surface area contributed by atoms with Crippen molar-refractivity contribution in [2.45, 2.75) is 56.2 Å². The third-order valence-electron chi connectivity index (χ3n) is 4.62. The molecule has 146 valence electrons. The standard InChI is InChI=1S/C20H22N4O2S2/c1-13-11-14(24-26-13)12-27-19-15(7-6-10-21-19)18(25)23-20-22-16-8-4-2-3-5-9-17(16)28-20/h6-7,10-11H,2-5,8-9,12H2,1H3,(H,22,23,25). The van der Waals surface area contributed by atoms with E-state index < -0.39 is 0 Å². The number of pyridine rings is 1. The van der Waals surface area contributed by atoms with E-state index in [0.717, 1.165) is 30.0 Å². The molecule has 3 aromatic heterocycles. The van der Waals surface area contributed by atoms with Crippen molar-refractivity contribution in [3.05, 3.63) is 52.0 Å². The summed E-state index contributed by atoms with van der Waals surface area (Å²) in [6.45, 7) is 1.86. The molecular weight excluding hydrogens is 392 g/mol. The summed E-state index contributed by atoms with van der Waals surface area (Å²) >= 11 is 3.08. The van der Waals surface area contributed by atoms with Gasteiger partial charge in [-0.3, -0.25) is 10.1 Å². The number of anilines is 1. The van der Waals surface area contributed by atoms with Gasteiger partial charge in [-0.2, -0.15) is 0 Å². The zero-order valence-electron chi connectivity index (χ0n) is 15.7. The van der Waals surface area contributed by atoms with Crippen LogP contribution < -0.4 is 5.32 Å². The fourth-order valence-corrected chi connectivity index (χ4v) is 5.15. The van der Waals surface area contributed by atoms with E-state index in [2.05, 4.69) is 20.4 Å². The minimum Gasteiger partial charge on any atom is -0.361 e. The number of fused-ring (bicyclic) bond motifs is 1. The number of aryl methyl sites for hydroxylation is 3. The molecule has 1 aliphatic carbocycles. The fourth-order valence-electron chi connectivity index (χ4n) is 3.23. The number of hydrogen-bond acceptors (Lipinski definition) is 7. The molecule has 0 unspecified atom stereocenters. The smallest absolute Gasteiger partial charge is 0.260 e. The number of nitrogens with zero attached hydrogens (tertiary/aromatic N) is 3. The zero-order valence-corrected chi connectivity index (χ0v) is 17.4. The van der Waals surface area contributed by atoms with Crippen molar-refractivity contribution in [1.29, 1.82) is 0 Å². The van der Waals surface area contributed by atoms with Crippen molar-refractivity contribution < 1.29 is 9.32 Å². The lowest BCUT2D eigenvalue weighted by atomic mass is 10.0. The molecule has 0 saturated carbocycles. The van der Waals surface area contributed by atoms with Crippen LogP contribution in [0.1, 0.15) is 58.1 Å². The molecule has 3 heterocycles. The minimum absolute atomic E-state index is 0.173. The third kappa shape index (κ3) is 4.62. The first-order chi connectivity index (χ1) is 13.7. The number of carbonyl (C=O) groups excluding carboxylic acids is 1. The fraction of sp³-hybridized carbons (Fsp3) is 0.400. The van der Waals surface area contributed by atoms with Crippen LogP contribution in [0.4, 0.5) is 5.13 Å². The Hall–Kier alpha value is -2.19. The summed E-state index contributed by atoms with van der Waals surface area (Å²) in [5.74, 6) is 1.20. The molecule has 0 fully saturated rings. The maximum absolute atomic E-state index is 12.9. The van der Waals surface area contributed by atoms with E-state index in [9.17, 15) is 4.79 Å². The van der Waals surface area contributed by atoms with Crippen LogP contribution in [0.2, 0.25) is 0 Å². The molecule has 28 heavy (non-hydrogen) atoms. The van der Waals surface area contributed by atoms with Crippen LogP contribution in [-0.4, -0.2) is 21.0 Å². The molecule has 0 atom stereocenters. The van der Waals surface area contributed by atoms with Crippen LogP contribution in [0, 0.1) is 6.92 Å². The molecule has 3 aromatic rings. The lowest BCUT2D eigenvalue weighted by Crippen LogP contribution is -2.13. The summed E-state index contributed by atoms with van der Waals surface area (Å²) < 4.78 is 5.10. The largest absolute Gasteiger partial charge is 0.361 e. The van der Waals surface area contributed by atoms with E-state index in [1.54, 1.807) is 29.7 Å². The Bertz CT molecular complexity index is 941. The summed E-state index contributed by atoms with van der Waals surface area (Å²) in [7, 11) is 0. The summed E-state index contributed by atoms with van der Waals surface area (Å²) in [6.07, 6.45) is 8.69. The van der Waals surface area contributed by atoms with E-state index in [1.807, 2.05) is 13.0 Å². The van der Waals surface area contributed by atoms with Crippen molar-refractivity contribution in [3.8, 4) is 0 Å². The molecule has 1 aliphatic rings. The van der Waals surface area contributed by atoms with Crippen LogP contribution in [0.25, 0.3) is 0 Å². The molecule has 0 saturated heterocycles. The zero-order chi connectivity index (χ0) is 19.3. The van der Waals surface area contributed by atoms with E-state index in [0.29, 0.717) is 21.5 Å². The van der Waals surface area contributed by atoms with Gasteiger partial charge >= 0.3 is 0 Å². The Morgan fingerprint density at radius 3 is 2.96 bits per heavy atom. The molecule has 0 spiro atoms. The summed E-state index contributed by atoms with van der Waals surface area (Å²) in [6, 6.07) is 5.46. The van der Waals surface area contributed by atoms with Gasteiger partial charge in [0.25, 0.3) is 5.91 Å². The average molecular weight is 415 g/mol. The highest BCUT2D eigenvalue weighted by Gasteiger charge is 2.18. The van der Waals surface area contributed by atoms with Crippen molar-refractivity contribution >= 4 is 34.1 Å². The van der Waals surface area contributed by atoms with Gasteiger partial charge in [-0.05, 0) is 44.7 Å². The first-order valence-corrected chi connectivity index (χ1v) is 11.3. The summed E-state index contributed by atoms with van der Waals surface area (Å²) in [4.78, 5) is 23.2. The van der Waals surface area contributed by atoms with Gasteiger partial charge in [0, 0.05) is 22.9 Å². The number of carbonyl (C=O) groups is 1. The van der Waals surface area contributed by atoms with Gasteiger partial charge in [-0.25, -0.2) is 9.97 Å². The molecule has 8 heteroatoms. The maximum atomic E-state index is 12.9. The SMILES string of the molecule is Cc1cc(CSc2ncccc2C(=O)Nc2nc3c(s2)CCCCCC3)no1. The molecule has 1 N–H and O–H groups in total. The van der Waals surface area contributed by atoms with Gasteiger partial charge in [0.05, 0.1) is 17.0 Å². The second-order valence-corrected chi connectivity index (χ2v) is 8.88. The number of hydrogen-bond donors (Lipinski definition) is 1. The third-order valence-corrected chi connectivity index (χ3v) is 6.73.